The number of pyridine rings is 4. The third kappa shape index (κ3) is 4.91. The summed E-state index contributed by atoms with van der Waals surface area (Å²) in [6, 6.07) is 6.07. The molecule has 0 saturated carbocycles. The fourth-order valence-corrected chi connectivity index (χ4v) is 5.31. The summed E-state index contributed by atoms with van der Waals surface area (Å²) in [5.74, 6) is -0.700. The van der Waals surface area contributed by atoms with Gasteiger partial charge in [-0.2, -0.15) is 0 Å². The van der Waals surface area contributed by atoms with Crippen molar-refractivity contribution in [2.75, 3.05) is 0 Å². The SMILES string of the molecule is CC(=O)c1cn(-c2nccs2)c2nc(Cl)ccc2c1=O.O=Cc1c(O)c2ccc(Cl)nc2n(-c2nccs2)c1=O. The fourth-order valence-electron chi connectivity index (χ4n) is 3.77. The first kappa shape index (κ1) is 27.3. The monoisotopic (exact) mass is 612 g/mol. The van der Waals surface area contributed by atoms with Crippen LogP contribution in [0.1, 0.15) is 27.6 Å². The van der Waals surface area contributed by atoms with Crippen LogP contribution >= 0.6 is 45.9 Å². The van der Waals surface area contributed by atoms with Crippen LogP contribution < -0.4 is 11.0 Å². The first-order valence-corrected chi connectivity index (χ1v) is 13.6. The molecule has 1 N–H and O–H groups in total. The number of aromatic hydroxyl groups is 1. The lowest BCUT2D eigenvalue weighted by atomic mass is 10.1. The minimum absolute atomic E-state index is 0.108. The van der Waals surface area contributed by atoms with Crippen LogP contribution in [0.25, 0.3) is 32.3 Å². The number of hydrogen-bond acceptors (Lipinski definition) is 11. The van der Waals surface area contributed by atoms with E-state index < -0.39 is 11.3 Å². The molecule has 0 amide bonds. The molecule has 200 valence electrons. The lowest BCUT2D eigenvalue weighted by Gasteiger charge is -2.09. The van der Waals surface area contributed by atoms with Gasteiger partial charge in [0.15, 0.2) is 33.6 Å². The number of carbonyl (C=O) groups excluding carboxylic acids is 2. The van der Waals surface area contributed by atoms with Crippen molar-refractivity contribution in [3.05, 3.63) is 95.6 Å². The molecule has 0 unspecified atom stereocenters. The molecule has 6 aromatic heterocycles. The van der Waals surface area contributed by atoms with Crippen molar-refractivity contribution in [2.24, 2.45) is 0 Å². The zero-order valence-electron chi connectivity index (χ0n) is 20.1. The Morgan fingerprint density at radius 1 is 0.925 bits per heavy atom. The van der Waals surface area contributed by atoms with E-state index in [0.717, 1.165) is 4.57 Å². The Labute approximate surface area is 241 Å². The maximum absolute atomic E-state index is 12.3. The van der Waals surface area contributed by atoms with Gasteiger partial charge in [-0.1, -0.05) is 23.2 Å². The standard InChI is InChI=1S/C13H8ClN3O2S.C12H6ClN3O3S/c1-7(18)9-6-17(13-15-4-5-20-13)12-8(11(9)19)2-3-10(14)16-12;13-8-2-1-6-9(18)7(5-17)11(19)16(10(6)15-8)12-14-3-4-20-12/h2-6H,1H3;1-5,18H. The van der Waals surface area contributed by atoms with Gasteiger partial charge in [0.05, 0.1) is 16.3 Å². The molecule has 11 nitrogen and oxygen atoms in total. The average Bonchev–Trinajstić information content (AvgIpc) is 3.65. The predicted octanol–water partition coefficient (Wildman–Crippen LogP) is 4.71. The van der Waals surface area contributed by atoms with Crippen molar-refractivity contribution >= 4 is 80.0 Å². The Bertz CT molecular complexity index is 2040. The maximum Gasteiger partial charge on any atom is 0.273 e. The lowest BCUT2D eigenvalue weighted by Crippen LogP contribution is -2.23. The summed E-state index contributed by atoms with van der Waals surface area (Å²) in [5.41, 5.74) is -0.712. The van der Waals surface area contributed by atoms with Crippen LogP contribution in [0.5, 0.6) is 5.75 Å². The molecule has 0 aliphatic rings. The van der Waals surface area contributed by atoms with E-state index in [-0.39, 0.29) is 43.7 Å². The Morgan fingerprint density at radius 2 is 1.52 bits per heavy atom. The smallest absolute Gasteiger partial charge is 0.273 e. The largest absolute Gasteiger partial charge is 0.506 e. The van der Waals surface area contributed by atoms with E-state index in [1.165, 1.54) is 60.2 Å². The molecule has 0 fully saturated rings. The van der Waals surface area contributed by atoms with Crippen molar-refractivity contribution in [1.82, 2.24) is 29.1 Å². The highest BCUT2D eigenvalue weighted by Crippen LogP contribution is 2.28. The quantitative estimate of drug-likeness (QED) is 0.169. The van der Waals surface area contributed by atoms with Gasteiger partial charge in [-0.15, -0.1) is 22.7 Å². The molecule has 0 aliphatic heterocycles. The fraction of sp³-hybridized carbons (Fsp3) is 0.0400. The number of Topliss-reactive ketones (excluding diaryl/α,β-unsaturated/α-hetero) is 1. The van der Waals surface area contributed by atoms with Gasteiger partial charge in [-0.3, -0.25) is 23.7 Å². The second-order valence-electron chi connectivity index (χ2n) is 7.96. The predicted molar refractivity (Wildman–Crippen MR) is 153 cm³/mol. The number of ketones is 1. The van der Waals surface area contributed by atoms with Crippen LogP contribution in [-0.2, 0) is 0 Å². The number of thiazole rings is 2. The molecule has 6 heterocycles. The normalized spacial score (nSPS) is 10.9. The van der Waals surface area contributed by atoms with Crippen LogP contribution in [-0.4, -0.2) is 46.2 Å². The van der Waals surface area contributed by atoms with Crippen LogP contribution in [0, 0.1) is 0 Å². The van der Waals surface area contributed by atoms with E-state index in [4.69, 9.17) is 23.2 Å². The van der Waals surface area contributed by atoms with Crippen molar-refractivity contribution in [1.29, 1.82) is 0 Å². The third-order valence-electron chi connectivity index (χ3n) is 5.55. The van der Waals surface area contributed by atoms with Crippen molar-refractivity contribution < 1.29 is 14.7 Å². The number of hydrogen-bond donors (Lipinski definition) is 1. The molecule has 0 spiro atoms. The summed E-state index contributed by atoms with van der Waals surface area (Å²) in [4.78, 5) is 63.7. The minimum atomic E-state index is -0.685. The first-order valence-electron chi connectivity index (χ1n) is 11.1. The second kappa shape index (κ2) is 11.1. The highest BCUT2D eigenvalue weighted by molar-refractivity contribution is 7.12. The molecule has 0 saturated heterocycles. The molecule has 15 heteroatoms. The number of halogens is 2. The van der Waals surface area contributed by atoms with E-state index in [2.05, 4.69) is 19.9 Å². The van der Waals surface area contributed by atoms with Gasteiger partial charge in [0, 0.05) is 29.4 Å². The van der Waals surface area contributed by atoms with Gasteiger partial charge >= 0.3 is 0 Å². The minimum Gasteiger partial charge on any atom is -0.506 e. The molecule has 0 aromatic carbocycles. The second-order valence-corrected chi connectivity index (χ2v) is 10.5. The molecule has 0 radical (unpaired) electrons. The van der Waals surface area contributed by atoms with E-state index in [0.29, 0.717) is 27.6 Å². The van der Waals surface area contributed by atoms with Gasteiger partial charge < -0.3 is 5.11 Å². The van der Waals surface area contributed by atoms with Crippen LogP contribution in [0.15, 0.2) is 63.2 Å². The summed E-state index contributed by atoms with van der Waals surface area (Å²) in [7, 11) is 0. The van der Waals surface area contributed by atoms with Gasteiger partial charge in [-0.05, 0) is 31.2 Å². The number of aromatic nitrogens is 6. The molecule has 6 rings (SSSR count). The Morgan fingerprint density at radius 3 is 2.10 bits per heavy atom. The van der Waals surface area contributed by atoms with Gasteiger partial charge in [0.1, 0.15) is 21.6 Å². The van der Waals surface area contributed by atoms with Gasteiger partial charge in [-0.25, -0.2) is 24.5 Å². The summed E-state index contributed by atoms with van der Waals surface area (Å²) in [6.45, 7) is 1.36. The van der Waals surface area contributed by atoms with Crippen LogP contribution in [0.3, 0.4) is 0 Å². The molecule has 0 atom stereocenters. The van der Waals surface area contributed by atoms with E-state index in [1.807, 2.05) is 0 Å². The zero-order valence-corrected chi connectivity index (χ0v) is 23.3. The van der Waals surface area contributed by atoms with Gasteiger partial charge in [0.25, 0.3) is 5.56 Å². The molecular formula is C25H14Cl2N6O5S2. The van der Waals surface area contributed by atoms with Crippen molar-refractivity contribution in [3.63, 3.8) is 0 Å². The van der Waals surface area contributed by atoms with E-state index in [9.17, 15) is 24.3 Å². The highest BCUT2D eigenvalue weighted by atomic mass is 35.5. The Hall–Kier alpha value is -4.30. The van der Waals surface area contributed by atoms with Gasteiger partial charge in [0.2, 0.25) is 5.43 Å². The highest BCUT2D eigenvalue weighted by Gasteiger charge is 2.19. The molecule has 0 aliphatic carbocycles. The molecular weight excluding hydrogens is 599 g/mol. The first-order chi connectivity index (χ1) is 19.2. The summed E-state index contributed by atoms with van der Waals surface area (Å²) in [6.07, 6.45) is 4.95. The van der Waals surface area contributed by atoms with E-state index >= 15 is 0 Å². The van der Waals surface area contributed by atoms with Crippen LogP contribution in [0.4, 0.5) is 0 Å². The summed E-state index contributed by atoms with van der Waals surface area (Å²) in [5, 5.41) is 15.5. The number of rotatable bonds is 4. The molecule has 0 bridgehead atoms. The third-order valence-corrected chi connectivity index (χ3v) is 7.49. The van der Waals surface area contributed by atoms with Crippen molar-refractivity contribution in [2.45, 2.75) is 6.92 Å². The number of fused-ring (bicyclic) bond motifs is 2. The molecule has 40 heavy (non-hydrogen) atoms. The number of aldehydes is 1. The maximum atomic E-state index is 12.3. The lowest BCUT2D eigenvalue weighted by molar-refractivity contribution is 0.101. The average molecular weight is 613 g/mol. The number of carbonyl (C=O) groups is 2. The molecule has 6 aromatic rings. The number of nitrogens with zero attached hydrogens (tertiary/aromatic N) is 6. The Balaban J connectivity index is 0.000000161. The van der Waals surface area contributed by atoms with E-state index in [1.54, 1.807) is 27.6 Å². The summed E-state index contributed by atoms with van der Waals surface area (Å²) >= 11 is 14.3. The summed E-state index contributed by atoms with van der Waals surface area (Å²) < 4.78 is 2.78. The Kier molecular flexibility index (Phi) is 7.54. The topological polar surface area (TPSA) is 150 Å². The van der Waals surface area contributed by atoms with Crippen molar-refractivity contribution in [3.8, 4) is 16.0 Å². The van der Waals surface area contributed by atoms with Crippen LogP contribution in [0.2, 0.25) is 10.3 Å². The zero-order chi connectivity index (χ0) is 28.6.